The van der Waals surface area contributed by atoms with Crippen molar-refractivity contribution in [3.8, 4) is 11.5 Å². The van der Waals surface area contributed by atoms with Crippen molar-refractivity contribution >= 4 is 0 Å². The Hall–Kier alpha value is -2.08. The van der Waals surface area contributed by atoms with Gasteiger partial charge in [-0.1, -0.05) is 0 Å². The summed E-state index contributed by atoms with van der Waals surface area (Å²) in [6, 6.07) is 5.75. The summed E-state index contributed by atoms with van der Waals surface area (Å²) in [5, 5.41) is 10.9. The standard InChI is InChI=1S/C13H18N4O2/c1-14-7-10-6-11(18-3)4-5-12(10)19-8-13-16-15-9-17(13)2/h4-6,9,14H,7-8H2,1-3H3. The number of aromatic nitrogens is 3. The number of methoxy groups -OCH3 is 1. The summed E-state index contributed by atoms with van der Waals surface area (Å²) in [5.41, 5.74) is 1.05. The van der Waals surface area contributed by atoms with E-state index in [0.29, 0.717) is 13.2 Å². The Kier molecular flexibility index (Phi) is 4.35. The van der Waals surface area contributed by atoms with Crippen LogP contribution in [0.25, 0.3) is 0 Å². The molecule has 0 fully saturated rings. The second-order valence-electron chi connectivity index (χ2n) is 4.15. The zero-order chi connectivity index (χ0) is 13.7. The summed E-state index contributed by atoms with van der Waals surface area (Å²) in [4.78, 5) is 0. The smallest absolute Gasteiger partial charge is 0.170 e. The van der Waals surface area contributed by atoms with E-state index in [0.717, 1.165) is 22.9 Å². The molecular formula is C13H18N4O2. The molecule has 0 bridgehead atoms. The Morgan fingerprint density at radius 3 is 2.84 bits per heavy atom. The van der Waals surface area contributed by atoms with Crippen molar-refractivity contribution in [1.82, 2.24) is 20.1 Å². The minimum absolute atomic E-state index is 0.388. The second kappa shape index (κ2) is 6.19. The van der Waals surface area contributed by atoms with E-state index in [4.69, 9.17) is 9.47 Å². The molecule has 6 heteroatoms. The van der Waals surface area contributed by atoms with Gasteiger partial charge in [0.15, 0.2) is 5.82 Å². The van der Waals surface area contributed by atoms with Gasteiger partial charge in [0.05, 0.1) is 7.11 Å². The van der Waals surface area contributed by atoms with Crippen molar-refractivity contribution < 1.29 is 9.47 Å². The molecule has 1 heterocycles. The van der Waals surface area contributed by atoms with Crippen LogP contribution in [0.1, 0.15) is 11.4 Å². The van der Waals surface area contributed by atoms with Crippen molar-refractivity contribution in [1.29, 1.82) is 0 Å². The van der Waals surface area contributed by atoms with E-state index in [1.54, 1.807) is 13.4 Å². The van der Waals surface area contributed by atoms with E-state index in [-0.39, 0.29) is 0 Å². The summed E-state index contributed by atoms with van der Waals surface area (Å²) >= 11 is 0. The van der Waals surface area contributed by atoms with Crippen molar-refractivity contribution in [2.24, 2.45) is 7.05 Å². The van der Waals surface area contributed by atoms with Crippen LogP contribution in [-0.4, -0.2) is 28.9 Å². The van der Waals surface area contributed by atoms with E-state index in [9.17, 15) is 0 Å². The third kappa shape index (κ3) is 3.23. The Morgan fingerprint density at radius 2 is 2.21 bits per heavy atom. The van der Waals surface area contributed by atoms with Crippen LogP contribution in [0.5, 0.6) is 11.5 Å². The zero-order valence-electron chi connectivity index (χ0n) is 11.4. The van der Waals surface area contributed by atoms with Gasteiger partial charge in [0.1, 0.15) is 24.4 Å². The quantitative estimate of drug-likeness (QED) is 0.845. The summed E-state index contributed by atoms with van der Waals surface area (Å²) in [5.74, 6) is 2.42. The fraction of sp³-hybridized carbons (Fsp3) is 0.385. The Balaban J connectivity index is 2.12. The molecule has 0 aliphatic rings. The molecule has 0 saturated carbocycles. The maximum absolute atomic E-state index is 5.80. The van der Waals surface area contributed by atoms with Crippen molar-refractivity contribution in [2.75, 3.05) is 14.2 Å². The Bertz CT molecular complexity index is 539. The van der Waals surface area contributed by atoms with Crippen molar-refractivity contribution in [2.45, 2.75) is 13.2 Å². The largest absolute Gasteiger partial charge is 0.497 e. The first-order valence-electron chi connectivity index (χ1n) is 6.01. The van der Waals surface area contributed by atoms with Gasteiger partial charge in [0.2, 0.25) is 0 Å². The van der Waals surface area contributed by atoms with Crippen LogP contribution in [0.3, 0.4) is 0 Å². The van der Waals surface area contributed by atoms with Crippen LogP contribution in [0.2, 0.25) is 0 Å². The second-order valence-corrected chi connectivity index (χ2v) is 4.15. The maximum Gasteiger partial charge on any atom is 0.170 e. The first-order chi connectivity index (χ1) is 9.24. The summed E-state index contributed by atoms with van der Waals surface area (Å²) < 4.78 is 12.8. The van der Waals surface area contributed by atoms with E-state index >= 15 is 0 Å². The average molecular weight is 262 g/mol. The number of hydrogen-bond acceptors (Lipinski definition) is 5. The highest BCUT2D eigenvalue weighted by molar-refractivity contribution is 5.40. The topological polar surface area (TPSA) is 61.2 Å². The molecule has 102 valence electrons. The van der Waals surface area contributed by atoms with E-state index in [1.807, 2.05) is 36.9 Å². The molecule has 0 saturated heterocycles. The fourth-order valence-electron chi connectivity index (χ4n) is 1.73. The van der Waals surface area contributed by atoms with Crippen LogP contribution in [0.15, 0.2) is 24.5 Å². The molecule has 2 rings (SSSR count). The van der Waals surface area contributed by atoms with Crippen LogP contribution in [0.4, 0.5) is 0 Å². The van der Waals surface area contributed by atoms with Crippen molar-refractivity contribution in [3.63, 3.8) is 0 Å². The number of hydrogen-bond donors (Lipinski definition) is 1. The average Bonchev–Trinajstić information content (AvgIpc) is 2.83. The molecule has 6 nitrogen and oxygen atoms in total. The SMILES string of the molecule is CNCc1cc(OC)ccc1OCc1nncn1C. The van der Waals surface area contributed by atoms with Gasteiger partial charge in [-0.05, 0) is 25.2 Å². The minimum Gasteiger partial charge on any atom is -0.497 e. The molecule has 0 aliphatic heterocycles. The Morgan fingerprint density at radius 1 is 1.37 bits per heavy atom. The van der Waals surface area contributed by atoms with Gasteiger partial charge in [0, 0.05) is 19.2 Å². The van der Waals surface area contributed by atoms with E-state index in [2.05, 4.69) is 15.5 Å². The first-order valence-corrected chi connectivity index (χ1v) is 6.01. The number of aryl methyl sites for hydroxylation is 1. The highest BCUT2D eigenvalue weighted by Gasteiger charge is 2.07. The number of nitrogens with one attached hydrogen (secondary N) is 1. The van der Waals surface area contributed by atoms with Crippen molar-refractivity contribution in [3.05, 3.63) is 35.9 Å². The molecule has 2 aromatic rings. The third-order valence-corrected chi connectivity index (χ3v) is 2.80. The van der Waals surface area contributed by atoms with Gasteiger partial charge >= 0.3 is 0 Å². The lowest BCUT2D eigenvalue weighted by molar-refractivity contribution is 0.287. The molecule has 0 atom stereocenters. The van der Waals surface area contributed by atoms with E-state index < -0.39 is 0 Å². The zero-order valence-corrected chi connectivity index (χ0v) is 11.4. The lowest BCUT2D eigenvalue weighted by atomic mass is 10.2. The maximum atomic E-state index is 5.80. The summed E-state index contributed by atoms with van der Waals surface area (Å²) in [6.45, 7) is 1.10. The van der Waals surface area contributed by atoms with Crippen LogP contribution >= 0.6 is 0 Å². The molecule has 0 spiro atoms. The first kappa shape index (κ1) is 13.4. The van der Waals surface area contributed by atoms with Gasteiger partial charge in [-0.15, -0.1) is 10.2 Å². The monoisotopic (exact) mass is 262 g/mol. The summed E-state index contributed by atoms with van der Waals surface area (Å²) in [7, 11) is 5.44. The molecule has 19 heavy (non-hydrogen) atoms. The normalized spacial score (nSPS) is 10.5. The lowest BCUT2D eigenvalue weighted by Crippen LogP contribution is -2.09. The van der Waals surface area contributed by atoms with Gasteiger partial charge in [-0.2, -0.15) is 0 Å². The lowest BCUT2D eigenvalue weighted by Gasteiger charge is -2.12. The van der Waals surface area contributed by atoms with Gasteiger partial charge < -0.3 is 19.4 Å². The highest BCUT2D eigenvalue weighted by Crippen LogP contribution is 2.24. The number of rotatable bonds is 6. The fourth-order valence-corrected chi connectivity index (χ4v) is 1.73. The number of ether oxygens (including phenoxy) is 2. The predicted octanol–water partition coefficient (Wildman–Crippen LogP) is 1.12. The predicted molar refractivity (Wildman–Crippen MR) is 71.1 cm³/mol. The van der Waals surface area contributed by atoms with Gasteiger partial charge in [-0.3, -0.25) is 0 Å². The molecule has 0 aliphatic carbocycles. The molecule has 0 radical (unpaired) electrons. The molecule has 1 aromatic heterocycles. The molecule has 0 unspecified atom stereocenters. The molecule has 1 aromatic carbocycles. The van der Waals surface area contributed by atoms with E-state index in [1.165, 1.54) is 0 Å². The molecule has 1 N–H and O–H groups in total. The van der Waals surface area contributed by atoms with Crippen LogP contribution < -0.4 is 14.8 Å². The van der Waals surface area contributed by atoms with Crippen LogP contribution in [0, 0.1) is 0 Å². The number of benzene rings is 1. The summed E-state index contributed by atoms with van der Waals surface area (Å²) in [6.07, 6.45) is 1.65. The third-order valence-electron chi connectivity index (χ3n) is 2.80. The van der Waals surface area contributed by atoms with Crippen LogP contribution in [-0.2, 0) is 20.2 Å². The number of nitrogens with zero attached hydrogens (tertiary/aromatic N) is 3. The van der Waals surface area contributed by atoms with Gasteiger partial charge in [0.25, 0.3) is 0 Å². The minimum atomic E-state index is 0.388. The Labute approximate surface area is 112 Å². The molecular weight excluding hydrogens is 244 g/mol. The van der Waals surface area contributed by atoms with Gasteiger partial charge in [-0.25, -0.2) is 0 Å². The molecule has 0 amide bonds. The highest BCUT2D eigenvalue weighted by atomic mass is 16.5.